The molecular weight excluding hydrogens is 639 g/mol. The van der Waals surface area contributed by atoms with E-state index >= 15 is 0 Å². The summed E-state index contributed by atoms with van der Waals surface area (Å²) in [6.45, 7) is 16.4. The van der Waals surface area contributed by atoms with Crippen molar-refractivity contribution < 1.29 is 4.79 Å². The summed E-state index contributed by atoms with van der Waals surface area (Å²) in [6.07, 6.45) is 3.30. The second-order valence-corrected chi connectivity index (χ2v) is 14.4. The zero-order valence-electron chi connectivity index (χ0n) is 30.3. The number of rotatable bonds is 15. The highest BCUT2D eigenvalue weighted by atomic mass is 32.2. The van der Waals surface area contributed by atoms with Crippen molar-refractivity contribution in [2.75, 3.05) is 36.0 Å². The second-order valence-electron chi connectivity index (χ2n) is 13.3. The van der Waals surface area contributed by atoms with Crippen LogP contribution in [0.15, 0.2) is 101 Å². The molecule has 0 saturated heterocycles. The van der Waals surface area contributed by atoms with Gasteiger partial charge in [-0.1, -0.05) is 102 Å². The molecule has 0 saturated carbocycles. The van der Waals surface area contributed by atoms with Crippen molar-refractivity contribution in [3.05, 3.63) is 118 Å². The van der Waals surface area contributed by atoms with Crippen LogP contribution in [0.4, 0.5) is 16.2 Å². The maximum absolute atomic E-state index is 14.6. The minimum absolute atomic E-state index is 0.204. The van der Waals surface area contributed by atoms with Crippen LogP contribution in [-0.2, 0) is 13.0 Å². The van der Waals surface area contributed by atoms with Gasteiger partial charge in [0.25, 0.3) is 5.56 Å². The number of carbonyl (C=O) groups is 1. The molecule has 0 aliphatic rings. The van der Waals surface area contributed by atoms with E-state index in [4.69, 9.17) is 4.98 Å². The lowest BCUT2D eigenvalue weighted by atomic mass is 9.93. The lowest BCUT2D eigenvalue weighted by Crippen LogP contribution is -2.30. The van der Waals surface area contributed by atoms with Crippen LogP contribution in [0.1, 0.15) is 76.5 Å². The zero-order chi connectivity index (χ0) is 35.6. The van der Waals surface area contributed by atoms with Crippen LogP contribution >= 0.6 is 11.8 Å². The van der Waals surface area contributed by atoms with Gasteiger partial charge in [-0.25, -0.2) is 9.78 Å². The van der Waals surface area contributed by atoms with Gasteiger partial charge in [0, 0.05) is 46.6 Å². The van der Waals surface area contributed by atoms with E-state index in [1.807, 2.05) is 48.5 Å². The van der Waals surface area contributed by atoms with Crippen molar-refractivity contribution in [2.24, 2.45) is 0 Å². The van der Waals surface area contributed by atoms with Gasteiger partial charge in [0.2, 0.25) is 0 Å². The molecule has 5 aromatic rings. The largest absolute Gasteiger partial charge is 0.323 e. The van der Waals surface area contributed by atoms with Crippen LogP contribution in [0.3, 0.4) is 0 Å². The van der Waals surface area contributed by atoms with Crippen molar-refractivity contribution >= 4 is 40.2 Å². The number of fused-ring (bicyclic) bond motifs is 1. The average Bonchev–Trinajstić information content (AvgIpc) is 3.12. The predicted octanol–water partition coefficient (Wildman–Crippen LogP) is 10.0. The van der Waals surface area contributed by atoms with Crippen molar-refractivity contribution in [1.29, 1.82) is 0 Å². The molecule has 5 rings (SSSR count). The van der Waals surface area contributed by atoms with Crippen LogP contribution in [0.25, 0.3) is 22.2 Å². The third-order valence-corrected chi connectivity index (χ3v) is 10.2. The van der Waals surface area contributed by atoms with Crippen LogP contribution < -0.4 is 16.2 Å². The van der Waals surface area contributed by atoms with E-state index in [-0.39, 0.29) is 23.1 Å². The number of nitrogens with zero attached hydrogens (tertiary/aromatic N) is 3. The maximum atomic E-state index is 14.6. The number of aryl methyl sites for hydroxylation is 2. The number of benzene rings is 3. The van der Waals surface area contributed by atoms with Gasteiger partial charge in [-0.3, -0.25) is 9.36 Å². The third-order valence-electron chi connectivity index (χ3n) is 9.25. The van der Waals surface area contributed by atoms with Crippen LogP contribution in [0, 0.1) is 0 Å². The summed E-state index contributed by atoms with van der Waals surface area (Å²) in [7, 11) is 0. The molecular formula is C42H51N5O2S. The molecule has 2 N–H and O–H groups in total. The average molecular weight is 690 g/mol. The highest BCUT2D eigenvalue weighted by Crippen LogP contribution is 2.36. The number of nitrogens with one attached hydrogen (secondary N) is 2. The van der Waals surface area contributed by atoms with Gasteiger partial charge in [0.15, 0.2) is 0 Å². The molecule has 262 valence electrons. The number of aromatic nitrogens is 2. The van der Waals surface area contributed by atoms with E-state index in [0.717, 1.165) is 70.9 Å². The molecule has 0 bridgehead atoms. The van der Waals surface area contributed by atoms with Crippen molar-refractivity contribution in [3.63, 3.8) is 0 Å². The molecule has 7 nitrogen and oxygen atoms in total. The first-order chi connectivity index (χ1) is 24.2. The number of thioether (sulfide) groups is 1. The Morgan fingerprint density at radius 2 is 1.52 bits per heavy atom. The predicted molar refractivity (Wildman–Crippen MR) is 212 cm³/mol. The highest BCUT2D eigenvalue weighted by Gasteiger charge is 2.23. The first kappa shape index (κ1) is 36.9. The van der Waals surface area contributed by atoms with E-state index in [2.05, 4.69) is 93.5 Å². The Kier molecular flexibility index (Phi) is 12.9. The highest BCUT2D eigenvalue weighted by molar-refractivity contribution is 7.99. The zero-order valence-corrected chi connectivity index (χ0v) is 31.1. The van der Waals surface area contributed by atoms with Gasteiger partial charge < -0.3 is 15.5 Å². The topological polar surface area (TPSA) is 79.3 Å². The molecule has 0 aliphatic carbocycles. The molecule has 0 unspecified atom stereocenters. The first-order valence-electron chi connectivity index (χ1n) is 17.9. The summed E-state index contributed by atoms with van der Waals surface area (Å²) in [5, 5.41) is 7.05. The van der Waals surface area contributed by atoms with E-state index in [9.17, 15) is 9.59 Å². The van der Waals surface area contributed by atoms with Crippen LogP contribution in [0.2, 0.25) is 0 Å². The number of carbonyl (C=O) groups excluding carboxylic acids is 1. The van der Waals surface area contributed by atoms with E-state index in [1.165, 1.54) is 5.56 Å². The van der Waals surface area contributed by atoms with Gasteiger partial charge >= 0.3 is 6.03 Å². The van der Waals surface area contributed by atoms with Gasteiger partial charge in [0.05, 0.1) is 0 Å². The monoisotopic (exact) mass is 689 g/mol. The molecule has 50 heavy (non-hydrogen) atoms. The van der Waals surface area contributed by atoms with Gasteiger partial charge in [-0.2, -0.15) is 0 Å². The summed E-state index contributed by atoms with van der Waals surface area (Å²) in [5.74, 6) is 1.36. The van der Waals surface area contributed by atoms with Crippen molar-refractivity contribution in [2.45, 2.75) is 77.7 Å². The molecule has 2 aromatic heterocycles. The summed E-state index contributed by atoms with van der Waals surface area (Å²) >= 11 is 1.80. The van der Waals surface area contributed by atoms with Crippen LogP contribution in [-0.4, -0.2) is 45.9 Å². The number of pyridine rings is 2. The maximum Gasteiger partial charge on any atom is 0.323 e. The second kappa shape index (κ2) is 17.5. The molecule has 0 atom stereocenters. The Labute approximate surface area is 301 Å². The van der Waals surface area contributed by atoms with Gasteiger partial charge in [-0.05, 0) is 84.3 Å². The first-order valence-corrected chi connectivity index (χ1v) is 18.9. The van der Waals surface area contributed by atoms with Crippen molar-refractivity contribution in [1.82, 2.24) is 14.5 Å². The Morgan fingerprint density at radius 3 is 2.20 bits per heavy atom. The molecule has 2 amide bonds. The fourth-order valence-electron chi connectivity index (χ4n) is 6.52. The van der Waals surface area contributed by atoms with Gasteiger partial charge in [-0.15, -0.1) is 11.8 Å². The molecule has 0 aliphatic heterocycles. The lowest BCUT2D eigenvalue weighted by molar-refractivity contribution is 0.262. The molecule has 2 heterocycles. The SMILES string of the molecule is CCN(CC)CCSc1cccc(-c2c(NC(=O)Nc3c(C(C)C)cccc3C(C)C)c(=O)n(CCCc3ccccc3)c3ncccc23)c1. The van der Waals surface area contributed by atoms with Crippen LogP contribution in [0.5, 0.6) is 0 Å². The number of hydrogen-bond donors (Lipinski definition) is 2. The summed E-state index contributed by atoms with van der Waals surface area (Å²) < 4.78 is 1.72. The Bertz CT molecular complexity index is 1920. The molecule has 8 heteroatoms. The number of para-hydroxylation sites is 1. The molecule has 3 aromatic carbocycles. The quantitative estimate of drug-likeness (QED) is 0.107. The summed E-state index contributed by atoms with van der Waals surface area (Å²) in [5.41, 5.74) is 6.27. The minimum Gasteiger partial charge on any atom is -0.307 e. The van der Waals surface area contributed by atoms with E-state index < -0.39 is 6.03 Å². The number of anilines is 2. The molecule has 0 spiro atoms. The number of amides is 2. The fraction of sp³-hybridized carbons (Fsp3) is 0.357. The minimum atomic E-state index is -0.442. The van der Waals surface area contributed by atoms with Crippen molar-refractivity contribution in [3.8, 4) is 11.1 Å². The molecule has 0 fully saturated rings. The molecule has 0 radical (unpaired) electrons. The van der Waals surface area contributed by atoms with Gasteiger partial charge in [0.1, 0.15) is 11.3 Å². The van der Waals surface area contributed by atoms with E-state index in [1.54, 1.807) is 22.5 Å². The fourth-order valence-corrected chi connectivity index (χ4v) is 7.49. The number of urea groups is 1. The standard InChI is InChI=1S/C42H51N5O2S/c1-7-46(8-2)26-27-50-33-20-12-19-32(28-33)37-36-23-14-24-43-40(36)47(25-15-18-31-16-10-9-11-17-31)41(48)39(37)45-42(49)44-38-34(29(3)4)21-13-22-35(38)30(5)6/h9-14,16-17,19-24,28-30H,7-8,15,18,25-27H2,1-6H3,(H2,44,45,49). The van der Waals surface area contributed by atoms with E-state index in [0.29, 0.717) is 17.8 Å². The Morgan fingerprint density at radius 1 is 0.840 bits per heavy atom. The Balaban J connectivity index is 1.58. The Hall–Kier alpha value is -4.40. The summed E-state index contributed by atoms with van der Waals surface area (Å²) in [4.78, 5) is 36.9. The smallest absolute Gasteiger partial charge is 0.307 e. The number of hydrogen-bond acceptors (Lipinski definition) is 5. The third kappa shape index (κ3) is 8.84. The lowest BCUT2D eigenvalue weighted by Gasteiger charge is -2.22. The summed E-state index contributed by atoms with van der Waals surface area (Å²) in [6, 6.07) is 28.2. The normalized spacial score (nSPS) is 11.5.